The fourth-order valence-corrected chi connectivity index (χ4v) is 2.93. The molecule has 0 aliphatic carbocycles. The van der Waals surface area contributed by atoms with E-state index in [2.05, 4.69) is 34.5 Å². The Balaban J connectivity index is 1.82. The second kappa shape index (κ2) is 9.15. The molecule has 1 aliphatic rings. The number of nitrogens with one attached hydrogen (secondary N) is 1. The minimum absolute atomic E-state index is 0.562. The maximum Gasteiger partial charge on any atom is 0.0593 e. The summed E-state index contributed by atoms with van der Waals surface area (Å²) in [5.41, 5.74) is 2.96. The number of hydrogen-bond donors (Lipinski definition) is 1. The van der Waals surface area contributed by atoms with Gasteiger partial charge in [0, 0.05) is 46.0 Å². The molecule has 1 atom stereocenters. The van der Waals surface area contributed by atoms with Gasteiger partial charge in [-0.3, -0.25) is 4.90 Å². The van der Waals surface area contributed by atoms with Gasteiger partial charge in [-0.1, -0.05) is 24.3 Å². The largest absolute Gasteiger partial charge is 0.385 e. The summed E-state index contributed by atoms with van der Waals surface area (Å²) in [5.74, 6) is 0. The molecule has 118 valence electrons. The number of fused-ring (bicyclic) bond motifs is 1. The summed E-state index contributed by atoms with van der Waals surface area (Å²) >= 11 is 0. The number of ether oxygens (including phenoxy) is 2. The van der Waals surface area contributed by atoms with E-state index in [1.54, 1.807) is 7.11 Å². The van der Waals surface area contributed by atoms with Crippen LogP contribution in [0.4, 0.5) is 0 Å². The molecule has 1 heterocycles. The highest BCUT2D eigenvalue weighted by Crippen LogP contribution is 2.22. The zero-order valence-electron chi connectivity index (χ0n) is 13.3. The van der Waals surface area contributed by atoms with E-state index in [9.17, 15) is 0 Å². The van der Waals surface area contributed by atoms with Crippen molar-refractivity contribution in [3.63, 3.8) is 0 Å². The van der Waals surface area contributed by atoms with Crippen LogP contribution in [0.25, 0.3) is 0 Å². The van der Waals surface area contributed by atoms with Crippen molar-refractivity contribution in [3.8, 4) is 0 Å². The molecule has 0 amide bonds. The molecule has 1 aromatic carbocycles. The highest BCUT2D eigenvalue weighted by molar-refractivity contribution is 5.30. The summed E-state index contributed by atoms with van der Waals surface area (Å²) in [6.07, 6.45) is 2.10. The Morgan fingerprint density at radius 2 is 2.00 bits per heavy atom. The molecule has 1 aromatic rings. The summed E-state index contributed by atoms with van der Waals surface area (Å²) in [5, 5.41) is 3.32. The number of hydrogen-bond acceptors (Lipinski definition) is 4. The first-order chi connectivity index (χ1) is 10.3. The fraction of sp³-hybridized carbons (Fsp3) is 0.647. The first-order valence-corrected chi connectivity index (χ1v) is 7.87. The molecule has 0 aromatic heterocycles. The van der Waals surface area contributed by atoms with Gasteiger partial charge in [-0.2, -0.15) is 0 Å². The Kier molecular flexibility index (Phi) is 7.16. The zero-order valence-corrected chi connectivity index (χ0v) is 13.3. The van der Waals surface area contributed by atoms with Crippen molar-refractivity contribution in [2.45, 2.75) is 25.4 Å². The van der Waals surface area contributed by atoms with Gasteiger partial charge >= 0.3 is 0 Å². The third-order valence-corrected chi connectivity index (χ3v) is 4.06. The van der Waals surface area contributed by atoms with E-state index in [1.165, 1.54) is 11.1 Å². The van der Waals surface area contributed by atoms with Crippen LogP contribution in [0.3, 0.4) is 0 Å². The van der Waals surface area contributed by atoms with Gasteiger partial charge in [0.2, 0.25) is 0 Å². The van der Waals surface area contributed by atoms with Crippen molar-refractivity contribution in [2.75, 3.05) is 47.1 Å². The highest BCUT2D eigenvalue weighted by atomic mass is 16.5. The van der Waals surface area contributed by atoms with Crippen molar-refractivity contribution < 1.29 is 9.47 Å². The Morgan fingerprint density at radius 1 is 1.19 bits per heavy atom. The Hall–Kier alpha value is -0.940. The predicted octanol–water partition coefficient (Wildman–Crippen LogP) is 1.69. The van der Waals surface area contributed by atoms with Crippen LogP contribution in [0.15, 0.2) is 24.3 Å². The smallest absolute Gasteiger partial charge is 0.0593 e. The average Bonchev–Trinajstić information content (AvgIpc) is 2.51. The van der Waals surface area contributed by atoms with Crippen molar-refractivity contribution >= 4 is 0 Å². The van der Waals surface area contributed by atoms with Crippen LogP contribution in [-0.2, 0) is 22.4 Å². The Labute approximate surface area is 128 Å². The number of likely N-dealkylation sites (N-methyl/N-ethyl adjacent to an activating group) is 1. The van der Waals surface area contributed by atoms with Gasteiger partial charge in [0.1, 0.15) is 0 Å². The third-order valence-electron chi connectivity index (χ3n) is 4.06. The van der Waals surface area contributed by atoms with Crippen LogP contribution in [0.2, 0.25) is 0 Å². The molecule has 4 heteroatoms. The minimum Gasteiger partial charge on any atom is -0.385 e. The highest BCUT2D eigenvalue weighted by Gasteiger charge is 2.24. The summed E-state index contributed by atoms with van der Waals surface area (Å²) < 4.78 is 10.7. The molecule has 2 rings (SSSR count). The van der Waals surface area contributed by atoms with E-state index in [-0.39, 0.29) is 0 Å². The van der Waals surface area contributed by atoms with Crippen molar-refractivity contribution in [1.82, 2.24) is 10.2 Å². The molecule has 4 nitrogen and oxygen atoms in total. The van der Waals surface area contributed by atoms with E-state index in [0.29, 0.717) is 6.04 Å². The summed E-state index contributed by atoms with van der Waals surface area (Å²) in [6, 6.07) is 9.35. The Morgan fingerprint density at radius 3 is 2.76 bits per heavy atom. The van der Waals surface area contributed by atoms with E-state index in [0.717, 1.165) is 52.3 Å². The number of benzene rings is 1. The average molecular weight is 292 g/mol. The van der Waals surface area contributed by atoms with Gasteiger partial charge in [-0.15, -0.1) is 0 Å². The first kappa shape index (κ1) is 16.4. The van der Waals surface area contributed by atoms with Gasteiger partial charge < -0.3 is 14.8 Å². The van der Waals surface area contributed by atoms with Crippen LogP contribution >= 0.6 is 0 Å². The van der Waals surface area contributed by atoms with E-state index in [4.69, 9.17) is 9.47 Å². The van der Waals surface area contributed by atoms with E-state index in [1.807, 2.05) is 7.05 Å². The van der Waals surface area contributed by atoms with Crippen LogP contribution in [0.1, 0.15) is 17.5 Å². The normalized spacial score (nSPS) is 18.7. The first-order valence-electron chi connectivity index (χ1n) is 7.87. The molecule has 0 spiro atoms. The minimum atomic E-state index is 0.562. The van der Waals surface area contributed by atoms with Gasteiger partial charge in [-0.05, 0) is 31.0 Å². The fourth-order valence-electron chi connectivity index (χ4n) is 2.93. The maximum absolute atomic E-state index is 5.71. The molecule has 0 bridgehead atoms. The lowest BCUT2D eigenvalue weighted by molar-refractivity contribution is 0.0658. The molecule has 0 radical (unpaired) electrons. The van der Waals surface area contributed by atoms with Crippen molar-refractivity contribution in [1.29, 1.82) is 0 Å². The zero-order chi connectivity index (χ0) is 14.9. The second-order valence-corrected chi connectivity index (χ2v) is 5.61. The SMILES string of the molecule is CNCC1Cc2ccccc2CN1CCOCCCOC. The van der Waals surface area contributed by atoms with Crippen LogP contribution < -0.4 is 5.32 Å². The molecule has 1 N–H and O–H groups in total. The molecular formula is C17H28N2O2. The molecule has 0 saturated carbocycles. The lowest BCUT2D eigenvalue weighted by Gasteiger charge is -2.36. The van der Waals surface area contributed by atoms with Crippen molar-refractivity contribution in [3.05, 3.63) is 35.4 Å². The van der Waals surface area contributed by atoms with Crippen LogP contribution in [-0.4, -0.2) is 58.0 Å². The maximum atomic E-state index is 5.71. The van der Waals surface area contributed by atoms with Crippen LogP contribution in [0, 0.1) is 0 Å². The molecule has 1 aliphatic heterocycles. The van der Waals surface area contributed by atoms with Gasteiger partial charge in [0.05, 0.1) is 6.61 Å². The lowest BCUT2D eigenvalue weighted by Crippen LogP contribution is -2.46. The second-order valence-electron chi connectivity index (χ2n) is 5.61. The topological polar surface area (TPSA) is 33.7 Å². The molecule has 1 unspecified atom stereocenters. The van der Waals surface area contributed by atoms with E-state index >= 15 is 0 Å². The monoisotopic (exact) mass is 292 g/mol. The number of methoxy groups -OCH3 is 1. The quantitative estimate of drug-likeness (QED) is 0.702. The van der Waals surface area contributed by atoms with Gasteiger partial charge in [-0.25, -0.2) is 0 Å². The third kappa shape index (κ3) is 5.08. The van der Waals surface area contributed by atoms with Crippen molar-refractivity contribution in [2.24, 2.45) is 0 Å². The van der Waals surface area contributed by atoms with Crippen LogP contribution in [0.5, 0.6) is 0 Å². The molecule has 0 saturated heterocycles. The summed E-state index contributed by atoms with van der Waals surface area (Å²) in [4.78, 5) is 2.54. The summed E-state index contributed by atoms with van der Waals surface area (Å²) in [7, 11) is 3.76. The number of rotatable bonds is 9. The lowest BCUT2D eigenvalue weighted by atomic mass is 9.94. The molecular weight excluding hydrogens is 264 g/mol. The predicted molar refractivity (Wildman–Crippen MR) is 85.6 cm³/mol. The standard InChI is InChI=1S/C17H28N2O2/c1-18-13-17-12-15-6-3-4-7-16(15)14-19(17)8-11-21-10-5-9-20-2/h3-4,6-7,17-18H,5,8-14H2,1-2H3. The van der Waals surface area contributed by atoms with E-state index < -0.39 is 0 Å². The van der Waals surface area contributed by atoms with Gasteiger partial charge in [0.25, 0.3) is 0 Å². The molecule has 0 fully saturated rings. The summed E-state index contributed by atoms with van der Waals surface area (Å²) in [6.45, 7) is 5.41. The van der Waals surface area contributed by atoms with Gasteiger partial charge in [0.15, 0.2) is 0 Å². The molecule has 21 heavy (non-hydrogen) atoms. The Bertz CT molecular complexity index is 412. The number of nitrogens with zero attached hydrogens (tertiary/aromatic N) is 1.